The van der Waals surface area contributed by atoms with Gasteiger partial charge in [0.15, 0.2) is 0 Å². The van der Waals surface area contributed by atoms with Gasteiger partial charge in [-0.1, -0.05) is 0 Å². The van der Waals surface area contributed by atoms with E-state index in [-0.39, 0.29) is 18.0 Å². The predicted molar refractivity (Wildman–Crippen MR) is 67.8 cm³/mol. The van der Waals surface area contributed by atoms with Gasteiger partial charge in [-0.2, -0.15) is 5.10 Å². The molecular formula is C12H22N4O. The van der Waals surface area contributed by atoms with Gasteiger partial charge in [0.25, 0.3) is 0 Å². The van der Waals surface area contributed by atoms with Gasteiger partial charge in [-0.15, -0.1) is 0 Å². The van der Waals surface area contributed by atoms with E-state index in [9.17, 15) is 4.79 Å². The summed E-state index contributed by atoms with van der Waals surface area (Å²) < 4.78 is 1.87. The lowest BCUT2D eigenvalue weighted by Gasteiger charge is -2.19. The largest absolute Gasteiger partial charge is 0.358 e. The number of aromatic nitrogens is 2. The molecule has 2 unspecified atom stereocenters. The molecule has 0 aliphatic heterocycles. The van der Waals surface area contributed by atoms with Crippen LogP contribution in [-0.4, -0.2) is 28.8 Å². The van der Waals surface area contributed by atoms with E-state index < -0.39 is 0 Å². The summed E-state index contributed by atoms with van der Waals surface area (Å²) in [5.41, 5.74) is 3.31. The molecule has 0 aromatic carbocycles. The number of nitrogens with one attached hydrogen (secondary N) is 2. The number of likely N-dealkylation sites (N-methyl/N-ethyl adjacent to an activating group) is 1. The van der Waals surface area contributed by atoms with Crippen LogP contribution >= 0.6 is 0 Å². The Morgan fingerprint density at radius 2 is 1.94 bits per heavy atom. The second kappa shape index (κ2) is 5.31. The van der Waals surface area contributed by atoms with E-state index in [0.717, 1.165) is 11.4 Å². The lowest BCUT2D eigenvalue weighted by atomic mass is 10.1. The van der Waals surface area contributed by atoms with Crippen LogP contribution in [0.1, 0.15) is 36.8 Å². The van der Waals surface area contributed by atoms with E-state index in [1.54, 1.807) is 7.05 Å². The number of hydrogen-bond donors (Lipinski definition) is 2. The third-order valence-corrected chi connectivity index (χ3v) is 3.14. The Kier molecular flexibility index (Phi) is 4.28. The van der Waals surface area contributed by atoms with Crippen LogP contribution in [0.5, 0.6) is 0 Å². The van der Waals surface area contributed by atoms with E-state index >= 15 is 0 Å². The van der Waals surface area contributed by atoms with Crippen molar-refractivity contribution in [3.63, 3.8) is 0 Å². The molecular weight excluding hydrogens is 216 g/mol. The second-order valence-corrected chi connectivity index (χ2v) is 4.43. The summed E-state index contributed by atoms with van der Waals surface area (Å²) in [5, 5.41) is 10.3. The first-order valence-electron chi connectivity index (χ1n) is 5.86. The highest BCUT2D eigenvalue weighted by molar-refractivity contribution is 5.80. The molecule has 1 amide bonds. The Bertz CT molecular complexity index is 411. The first kappa shape index (κ1) is 13.7. The average molecular weight is 238 g/mol. The highest BCUT2D eigenvalue weighted by atomic mass is 16.2. The van der Waals surface area contributed by atoms with E-state index in [1.165, 1.54) is 5.56 Å². The summed E-state index contributed by atoms with van der Waals surface area (Å²) in [6.45, 7) is 7.94. The molecule has 17 heavy (non-hydrogen) atoms. The second-order valence-electron chi connectivity index (χ2n) is 4.43. The summed E-state index contributed by atoms with van der Waals surface area (Å²) in [7, 11) is 3.58. The molecule has 2 atom stereocenters. The van der Waals surface area contributed by atoms with Gasteiger partial charge in [0.05, 0.1) is 11.7 Å². The van der Waals surface area contributed by atoms with Crippen LogP contribution in [0.15, 0.2) is 0 Å². The molecule has 1 aromatic rings. The highest BCUT2D eigenvalue weighted by Gasteiger charge is 2.20. The Morgan fingerprint density at radius 3 is 2.35 bits per heavy atom. The SMILES string of the molecule is CNC(=O)C(C)NC(C)c1c(C)nn(C)c1C. The van der Waals surface area contributed by atoms with Crippen molar-refractivity contribution in [3.05, 3.63) is 17.0 Å². The maximum Gasteiger partial charge on any atom is 0.236 e. The van der Waals surface area contributed by atoms with Crippen molar-refractivity contribution >= 4 is 5.91 Å². The van der Waals surface area contributed by atoms with Crippen molar-refractivity contribution in [1.29, 1.82) is 0 Å². The molecule has 1 rings (SSSR count). The van der Waals surface area contributed by atoms with Gasteiger partial charge in [0.1, 0.15) is 0 Å². The molecule has 0 aliphatic carbocycles. The number of nitrogens with zero attached hydrogens (tertiary/aromatic N) is 2. The number of carbonyl (C=O) groups is 1. The van der Waals surface area contributed by atoms with Gasteiger partial charge in [0.2, 0.25) is 5.91 Å². The standard InChI is InChI=1S/C12H22N4O/c1-7(14-9(3)12(17)13-5)11-8(2)15-16(6)10(11)4/h7,9,14H,1-6H3,(H,13,17). The fraction of sp³-hybridized carbons (Fsp3) is 0.667. The minimum Gasteiger partial charge on any atom is -0.358 e. The first-order chi connectivity index (χ1) is 7.88. The number of hydrogen-bond acceptors (Lipinski definition) is 3. The summed E-state index contributed by atoms with van der Waals surface area (Å²) in [5.74, 6) is -0.00366. The zero-order chi connectivity index (χ0) is 13.2. The number of amides is 1. The van der Waals surface area contributed by atoms with Gasteiger partial charge in [-0.3, -0.25) is 14.8 Å². The molecule has 0 bridgehead atoms. The van der Waals surface area contributed by atoms with Crippen molar-refractivity contribution in [3.8, 4) is 0 Å². The van der Waals surface area contributed by atoms with Gasteiger partial charge >= 0.3 is 0 Å². The summed E-state index contributed by atoms with van der Waals surface area (Å²) in [6, 6.07) is -0.106. The predicted octanol–water partition coefficient (Wildman–Crippen LogP) is 0.822. The molecule has 0 fully saturated rings. The van der Waals surface area contributed by atoms with E-state index in [1.807, 2.05) is 32.5 Å². The third kappa shape index (κ3) is 2.85. The van der Waals surface area contributed by atoms with Crippen molar-refractivity contribution < 1.29 is 4.79 Å². The fourth-order valence-electron chi connectivity index (χ4n) is 2.17. The van der Waals surface area contributed by atoms with Crippen molar-refractivity contribution in [2.75, 3.05) is 7.05 Å². The lowest BCUT2D eigenvalue weighted by molar-refractivity contribution is -0.122. The number of carbonyl (C=O) groups excluding carboxylic acids is 1. The van der Waals surface area contributed by atoms with Crippen LogP contribution in [0.4, 0.5) is 0 Å². The highest BCUT2D eigenvalue weighted by Crippen LogP contribution is 2.20. The van der Waals surface area contributed by atoms with Crippen LogP contribution in [0, 0.1) is 13.8 Å². The molecule has 0 saturated heterocycles. The molecule has 0 aliphatic rings. The zero-order valence-corrected chi connectivity index (χ0v) is 11.5. The molecule has 1 heterocycles. The quantitative estimate of drug-likeness (QED) is 0.816. The van der Waals surface area contributed by atoms with Crippen LogP contribution in [0.3, 0.4) is 0 Å². The topological polar surface area (TPSA) is 59.0 Å². The van der Waals surface area contributed by atoms with Gasteiger partial charge in [0, 0.05) is 31.4 Å². The minimum atomic E-state index is -0.214. The Morgan fingerprint density at radius 1 is 1.35 bits per heavy atom. The summed E-state index contributed by atoms with van der Waals surface area (Å²) >= 11 is 0. The maximum atomic E-state index is 11.5. The Hall–Kier alpha value is -1.36. The van der Waals surface area contributed by atoms with E-state index in [4.69, 9.17) is 0 Å². The lowest BCUT2D eigenvalue weighted by Crippen LogP contribution is -2.41. The van der Waals surface area contributed by atoms with E-state index in [2.05, 4.69) is 22.7 Å². The molecule has 0 radical (unpaired) electrons. The molecule has 5 heteroatoms. The van der Waals surface area contributed by atoms with Crippen LogP contribution < -0.4 is 10.6 Å². The van der Waals surface area contributed by atoms with Crippen molar-refractivity contribution in [1.82, 2.24) is 20.4 Å². The molecule has 1 aromatic heterocycles. The molecule has 5 nitrogen and oxygen atoms in total. The van der Waals surface area contributed by atoms with Gasteiger partial charge in [-0.25, -0.2) is 0 Å². The first-order valence-corrected chi connectivity index (χ1v) is 5.86. The van der Waals surface area contributed by atoms with Crippen LogP contribution in [0.25, 0.3) is 0 Å². The molecule has 0 saturated carbocycles. The summed E-state index contributed by atoms with van der Waals surface area (Å²) in [6.07, 6.45) is 0. The van der Waals surface area contributed by atoms with Crippen LogP contribution in [-0.2, 0) is 11.8 Å². The minimum absolute atomic E-state index is 0.00366. The van der Waals surface area contributed by atoms with Crippen molar-refractivity contribution in [2.45, 2.75) is 39.8 Å². The molecule has 2 N–H and O–H groups in total. The smallest absolute Gasteiger partial charge is 0.236 e. The number of aryl methyl sites for hydroxylation is 2. The number of rotatable bonds is 4. The van der Waals surface area contributed by atoms with E-state index in [0.29, 0.717) is 0 Å². The Balaban J connectivity index is 2.83. The average Bonchev–Trinajstić information content (AvgIpc) is 2.51. The molecule has 96 valence electrons. The molecule has 0 spiro atoms. The van der Waals surface area contributed by atoms with Crippen molar-refractivity contribution in [2.24, 2.45) is 7.05 Å². The third-order valence-electron chi connectivity index (χ3n) is 3.14. The van der Waals surface area contributed by atoms with Crippen LogP contribution in [0.2, 0.25) is 0 Å². The van der Waals surface area contributed by atoms with Gasteiger partial charge in [-0.05, 0) is 27.7 Å². The van der Waals surface area contributed by atoms with Gasteiger partial charge < -0.3 is 5.32 Å². The maximum absolute atomic E-state index is 11.5. The summed E-state index contributed by atoms with van der Waals surface area (Å²) in [4.78, 5) is 11.5. The monoisotopic (exact) mass is 238 g/mol. The Labute approximate surface area is 103 Å². The fourth-order valence-corrected chi connectivity index (χ4v) is 2.17. The zero-order valence-electron chi connectivity index (χ0n) is 11.5. The normalized spacial score (nSPS) is 14.5.